The van der Waals surface area contributed by atoms with Crippen LogP contribution in [-0.2, 0) is 6.42 Å². The molecule has 1 atom stereocenters. The molecule has 1 aromatic rings. The Labute approximate surface area is 77.5 Å². The summed E-state index contributed by atoms with van der Waals surface area (Å²) in [6.07, 6.45) is 2.17. The highest BCUT2D eigenvalue weighted by Gasteiger charge is 2.17. The van der Waals surface area contributed by atoms with Gasteiger partial charge in [0, 0.05) is 0 Å². The van der Waals surface area contributed by atoms with Crippen molar-refractivity contribution >= 4 is 0 Å². The summed E-state index contributed by atoms with van der Waals surface area (Å²) in [4.78, 5) is 0. The van der Waals surface area contributed by atoms with Gasteiger partial charge in [-0.25, -0.2) is 4.39 Å². The Morgan fingerprint density at radius 2 is 2.23 bits per heavy atom. The van der Waals surface area contributed by atoms with Crippen molar-refractivity contribution in [3.63, 3.8) is 0 Å². The standard InChI is InChI=1S/C11H13FO/c1-7-5-11-9(6-10(7)12)4-3-8(2)13-11/h5-6,8H,3-4H2,1-2H3. The first-order chi connectivity index (χ1) is 6.16. The summed E-state index contributed by atoms with van der Waals surface area (Å²) in [6, 6.07) is 3.39. The fourth-order valence-corrected chi connectivity index (χ4v) is 1.64. The molecule has 0 radical (unpaired) electrons. The van der Waals surface area contributed by atoms with E-state index in [1.165, 1.54) is 0 Å². The van der Waals surface area contributed by atoms with E-state index in [9.17, 15) is 4.39 Å². The second-order valence-electron chi connectivity index (χ2n) is 3.68. The Morgan fingerprint density at radius 1 is 1.46 bits per heavy atom. The van der Waals surface area contributed by atoms with Crippen LogP contribution in [0.2, 0.25) is 0 Å². The minimum atomic E-state index is -0.128. The van der Waals surface area contributed by atoms with Crippen molar-refractivity contribution in [1.82, 2.24) is 0 Å². The van der Waals surface area contributed by atoms with Gasteiger partial charge in [-0.05, 0) is 49.9 Å². The number of hydrogen-bond acceptors (Lipinski definition) is 1. The first-order valence-corrected chi connectivity index (χ1v) is 4.62. The lowest BCUT2D eigenvalue weighted by Crippen LogP contribution is -2.19. The van der Waals surface area contributed by atoms with E-state index in [0.717, 1.165) is 24.2 Å². The van der Waals surface area contributed by atoms with Crippen LogP contribution in [0.4, 0.5) is 4.39 Å². The van der Waals surface area contributed by atoms with Gasteiger partial charge in [-0.15, -0.1) is 0 Å². The lowest BCUT2D eigenvalue weighted by molar-refractivity contribution is 0.192. The molecule has 0 bridgehead atoms. The maximum atomic E-state index is 13.1. The van der Waals surface area contributed by atoms with Gasteiger partial charge < -0.3 is 4.74 Å². The largest absolute Gasteiger partial charge is 0.490 e. The molecular formula is C11H13FO. The number of aryl methyl sites for hydroxylation is 2. The molecule has 0 saturated heterocycles. The number of fused-ring (bicyclic) bond motifs is 1. The smallest absolute Gasteiger partial charge is 0.126 e. The quantitative estimate of drug-likeness (QED) is 0.596. The van der Waals surface area contributed by atoms with Crippen LogP contribution < -0.4 is 4.74 Å². The minimum absolute atomic E-state index is 0.128. The molecule has 0 spiro atoms. The number of rotatable bonds is 0. The van der Waals surface area contributed by atoms with Crippen LogP contribution in [0.25, 0.3) is 0 Å². The van der Waals surface area contributed by atoms with Gasteiger partial charge in [0.1, 0.15) is 11.6 Å². The van der Waals surface area contributed by atoms with E-state index < -0.39 is 0 Å². The van der Waals surface area contributed by atoms with Gasteiger partial charge in [-0.1, -0.05) is 0 Å². The molecule has 2 heteroatoms. The summed E-state index contributed by atoms with van der Waals surface area (Å²) in [6.45, 7) is 3.81. The Bertz CT molecular complexity index is 333. The molecule has 1 aliphatic heterocycles. The van der Waals surface area contributed by atoms with E-state index in [0.29, 0.717) is 5.56 Å². The lowest BCUT2D eigenvalue weighted by Gasteiger charge is -2.23. The summed E-state index contributed by atoms with van der Waals surface area (Å²) in [7, 11) is 0. The van der Waals surface area contributed by atoms with E-state index in [1.807, 2.05) is 6.92 Å². The second kappa shape index (κ2) is 3.02. The molecular weight excluding hydrogens is 167 g/mol. The molecule has 0 saturated carbocycles. The van der Waals surface area contributed by atoms with Crippen molar-refractivity contribution in [2.75, 3.05) is 0 Å². The highest BCUT2D eigenvalue weighted by atomic mass is 19.1. The van der Waals surface area contributed by atoms with E-state index in [-0.39, 0.29) is 11.9 Å². The maximum absolute atomic E-state index is 13.1. The summed E-state index contributed by atoms with van der Waals surface area (Å²) in [5.74, 6) is 0.731. The zero-order valence-corrected chi connectivity index (χ0v) is 7.93. The summed E-state index contributed by atoms with van der Waals surface area (Å²) in [5.41, 5.74) is 1.66. The third kappa shape index (κ3) is 1.53. The minimum Gasteiger partial charge on any atom is -0.490 e. The Morgan fingerprint density at radius 3 is 3.00 bits per heavy atom. The first kappa shape index (κ1) is 8.54. The van der Waals surface area contributed by atoms with Crippen LogP contribution in [-0.4, -0.2) is 6.10 Å². The van der Waals surface area contributed by atoms with Gasteiger partial charge in [0.25, 0.3) is 0 Å². The van der Waals surface area contributed by atoms with Crippen molar-refractivity contribution in [3.05, 3.63) is 29.1 Å². The number of ether oxygens (including phenoxy) is 1. The molecule has 2 rings (SSSR count). The van der Waals surface area contributed by atoms with Gasteiger partial charge in [-0.2, -0.15) is 0 Å². The van der Waals surface area contributed by atoms with E-state index in [1.54, 1.807) is 19.1 Å². The molecule has 1 nitrogen and oxygen atoms in total. The highest BCUT2D eigenvalue weighted by Crippen LogP contribution is 2.29. The molecule has 1 heterocycles. The van der Waals surface area contributed by atoms with E-state index in [4.69, 9.17) is 4.74 Å². The fraction of sp³-hybridized carbons (Fsp3) is 0.455. The monoisotopic (exact) mass is 180 g/mol. The SMILES string of the molecule is Cc1cc2c(cc1F)CCC(C)O2. The van der Waals surface area contributed by atoms with Gasteiger partial charge in [0.15, 0.2) is 0 Å². The summed E-state index contributed by atoms with van der Waals surface area (Å²) < 4.78 is 18.7. The third-order valence-corrected chi connectivity index (χ3v) is 2.49. The van der Waals surface area contributed by atoms with E-state index in [2.05, 4.69) is 0 Å². The van der Waals surface area contributed by atoms with Gasteiger partial charge >= 0.3 is 0 Å². The summed E-state index contributed by atoms with van der Waals surface area (Å²) >= 11 is 0. The zero-order valence-electron chi connectivity index (χ0n) is 7.93. The van der Waals surface area contributed by atoms with Gasteiger partial charge in [0.2, 0.25) is 0 Å². The van der Waals surface area contributed by atoms with Crippen molar-refractivity contribution in [2.45, 2.75) is 32.8 Å². The molecule has 1 aliphatic rings. The van der Waals surface area contributed by atoms with Crippen LogP contribution in [0.3, 0.4) is 0 Å². The predicted octanol–water partition coefficient (Wildman–Crippen LogP) is 2.85. The van der Waals surface area contributed by atoms with Crippen molar-refractivity contribution in [3.8, 4) is 5.75 Å². The van der Waals surface area contributed by atoms with Gasteiger partial charge in [-0.3, -0.25) is 0 Å². The van der Waals surface area contributed by atoms with Crippen LogP contribution in [0.15, 0.2) is 12.1 Å². The number of benzene rings is 1. The average Bonchev–Trinajstić information content (AvgIpc) is 2.08. The van der Waals surface area contributed by atoms with Crippen molar-refractivity contribution in [1.29, 1.82) is 0 Å². The van der Waals surface area contributed by atoms with Crippen molar-refractivity contribution < 1.29 is 9.13 Å². The topological polar surface area (TPSA) is 9.23 Å². The summed E-state index contributed by atoms with van der Waals surface area (Å²) in [5, 5.41) is 0. The molecule has 0 amide bonds. The van der Waals surface area contributed by atoms with Gasteiger partial charge in [0.05, 0.1) is 6.10 Å². The molecule has 0 fully saturated rings. The average molecular weight is 180 g/mol. The van der Waals surface area contributed by atoms with E-state index >= 15 is 0 Å². The molecule has 0 aromatic heterocycles. The Kier molecular flexibility index (Phi) is 1.98. The van der Waals surface area contributed by atoms with Crippen LogP contribution in [0, 0.1) is 12.7 Å². The van der Waals surface area contributed by atoms with Crippen LogP contribution >= 0.6 is 0 Å². The fourth-order valence-electron chi connectivity index (χ4n) is 1.64. The predicted molar refractivity (Wildman–Crippen MR) is 49.5 cm³/mol. The Hall–Kier alpha value is -1.05. The molecule has 1 unspecified atom stereocenters. The zero-order chi connectivity index (χ0) is 9.42. The van der Waals surface area contributed by atoms with Crippen LogP contribution in [0.5, 0.6) is 5.75 Å². The maximum Gasteiger partial charge on any atom is 0.126 e. The second-order valence-corrected chi connectivity index (χ2v) is 3.68. The highest BCUT2D eigenvalue weighted by molar-refractivity contribution is 5.39. The normalized spacial score (nSPS) is 20.7. The molecule has 70 valence electrons. The Balaban J connectivity index is 2.43. The molecule has 13 heavy (non-hydrogen) atoms. The lowest BCUT2D eigenvalue weighted by atomic mass is 10.0. The first-order valence-electron chi connectivity index (χ1n) is 4.62. The van der Waals surface area contributed by atoms with Crippen LogP contribution in [0.1, 0.15) is 24.5 Å². The number of hydrogen-bond donors (Lipinski definition) is 0. The molecule has 1 aromatic carbocycles. The number of halogens is 1. The van der Waals surface area contributed by atoms with Crippen molar-refractivity contribution in [2.24, 2.45) is 0 Å². The third-order valence-electron chi connectivity index (χ3n) is 2.49. The molecule has 0 N–H and O–H groups in total. The molecule has 0 aliphatic carbocycles.